The fraction of sp³-hybridized carbons (Fsp3) is 0.0870. The van der Waals surface area contributed by atoms with Crippen molar-refractivity contribution in [3.63, 3.8) is 0 Å². The molecule has 0 N–H and O–H groups in total. The number of carbonyl (C=O) groups is 1. The molecule has 3 nitrogen and oxygen atoms in total. The number of Topliss-reactive ketones (excluding diaryl/α,β-unsaturated/α-hetero) is 1. The van der Waals surface area contributed by atoms with Crippen LogP contribution >= 0.6 is 0 Å². The van der Waals surface area contributed by atoms with E-state index in [1.807, 2.05) is 102 Å². The molecule has 0 saturated carbocycles. The van der Waals surface area contributed by atoms with E-state index in [9.17, 15) is 4.79 Å². The molecule has 3 aromatic carbocycles. The van der Waals surface area contributed by atoms with Gasteiger partial charge < -0.3 is 9.64 Å². The van der Waals surface area contributed by atoms with Crippen LogP contribution in [0.2, 0.25) is 0 Å². The Morgan fingerprint density at radius 2 is 1.46 bits per heavy atom. The topological polar surface area (TPSA) is 29.5 Å². The summed E-state index contributed by atoms with van der Waals surface area (Å²) in [5.74, 6) is 1.66. The largest absolute Gasteiger partial charge is 0.455 e. The molecular formula is C23H19NO2. The summed E-state index contributed by atoms with van der Waals surface area (Å²) in [5, 5.41) is 0. The van der Waals surface area contributed by atoms with E-state index in [0.29, 0.717) is 6.42 Å². The van der Waals surface area contributed by atoms with Crippen molar-refractivity contribution in [1.82, 2.24) is 0 Å². The van der Waals surface area contributed by atoms with Crippen LogP contribution < -0.4 is 9.64 Å². The molecular weight excluding hydrogens is 322 g/mol. The molecule has 0 amide bonds. The van der Waals surface area contributed by atoms with Crippen molar-refractivity contribution in [2.75, 3.05) is 4.90 Å². The maximum atomic E-state index is 12.7. The van der Waals surface area contributed by atoms with Gasteiger partial charge in [0, 0.05) is 12.6 Å². The van der Waals surface area contributed by atoms with Crippen molar-refractivity contribution in [3.05, 3.63) is 103 Å². The van der Waals surface area contributed by atoms with Gasteiger partial charge in [0.05, 0.1) is 5.69 Å². The second-order valence-electron chi connectivity index (χ2n) is 6.16. The highest BCUT2D eigenvalue weighted by Gasteiger charge is 2.30. The van der Waals surface area contributed by atoms with Gasteiger partial charge in [-0.2, -0.15) is 0 Å². The maximum absolute atomic E-state index is 12.7. The SMILES string of the molecule is O=C1CC=CN(c2ccccc2Oc2ccccc2)C1c1ccccc1. The van der Waals surface area contributed by atoms with Gasteiger partial charge in [-0.3, -0.25) is 4.79 Å². The summed E-state index contributed by atoms with van der Waals surface area (Å²) in [5.41, 5.74) is 1.85. The van der Waals surface area contributed by atoms with Crippen molar-refractivity contribution in [1.29, 1.82) is 0 Å². The van der Waals surface area contributed by atoms with Crippen LogP contribution in [0.5, 0.6) is 11.5 Å². The molecule has 0 spiro atoms. The molecule has 3 heteroatoms. The molecule has 128 valence electrons. The van der Waals surface area contributed by atoms with E-state index < -0.39 is 0 Å². The molecule has 0 aromatic heterocycles. The van der Waals surface area contributed by atoms with Crippen LogP contribution in [0.3, 0.4) is 0 Å². The number of nitrogens with zero attached hydrogens (tertiary/aromatic N) is 1. The molecule has 0 aliphatic carbocycles. The standard InChI is InChI=1S/C23H19NO2/c25-21-15-9-17-24(23(21)18-10-3-1-4-11-18)20-14-7-8-16-22(20)26-19-12-5-2-6-13-19/h1-14,16-17,23H,15H2. The monoisotopic (exact) mass is 341 g/mol. The Hall–Kier alpha value is -3.33. The smallest absolute Gasteiger partial charge is 0.163 e. The van der Waals surface area contributed by atoms with Gasteiger partial charge in [-0.1, -0.05) is 66.7 Å². The second-order valence-corrected chi connectivity index (χ2v) is 6.16. The molecule has 0 fully saturated rings. The lowest BCUT2D eigenvalue weighted by Gasteiger charge is -2.33. The highest BCUT2D eigenvalue weighted by atomic mass is 16.5. The molecule has 0 radical (unpaired) electrons. The van der Waals surface area contributed by atoms with Crippen LogP contribution in [0.1, 0.15) is 18.0 Å². The van der Waals surface area contributed by atoms with Gasteiger partial charge >= 0.3 is 0 Å². The Morgan fingerprint density at radius 1 is 0.808 bits per heavy atom. The Morgan fingerprint density at radius 3 is 2.23 bits per heavy atom. The van der Waals surface area contributed by atoms with Gasteiger partial charge in [0.15, 0.2) is 11.5 Å². The normalized spacial score (nSPS) is 16.5. The Kier molecular flexibility index (Phi) is 4.52. The van der Waals surface area contributed by atoms with E-state index in [1.54, 1.807) is 0 Å². The third-order valence-corrected chi connectivity index (χ3v) is 4.40. The van der Waals surface area contributed by atoms with Crippen LogP contribution in [0.4, 0.5) is 5.69 Å². The number of ether oxygens (including phenoxy) is 1. The lowest BCUT2D eigenvalue weighted by atomic mass is 9.96. The third kappa shape index (κ3) is 3.24. The average Bonchev–Trinajstić information content (AvgIpc) is 2.70. The number of anilines is 1. The first-order chi connectivity index (χ1) is 12.8. The zero-order valence-corrected chi connectivity index (χ0v) is 14.3. The second kappa shape index (κ2) is 7.28. The van der Waals surface area contributed by atoms with Crippen molar-refractivity contribution in [2.45, 2.75) is 12.5 Å². The minimum atomic E-state index is -0.346. The molecule has 0 saturated heterocycles. The van der Waals surface area contributed by atoms with Gasteiger partial charge in [0.1, 0.15) is 11.8 Å². The lowest BCUT2D eigenvalue weighted by Crippen LogP contribution is -2.32. The number of ketones is 1. The van der Waals surface area contributed by atoms with Crippen LogP contribution in [0.15, 0.2) is 97.2 Å². The first-order valence-electron chi connectivity index (χ1n) is 8.67. The maximum Gasteiger partial charge on any atom is 0.163 e. The number of carbonyl (C=O) groups excluding carboxylic acids is 1. The number of para-hydroxylation sites is 3. The van der Waals surface area contributed by atoms with E-state index in [-0.39, 0.29) is 11.8 Å². The van der Waals surface area contributed by atoms with Crippen LogP contribution in [-0.4, -0.2) is 5.78 Å². The van der Waals surface area contributed by atoms with Crippen LogP contribution in [-0.2, 0) is 4.79 Å². The van der Waals surface area contributed by atoms with Crippen molar-refractivity contribution in [3.8, 4) is 11.5 Å². The predicted molar refractivity (Wildman–Crippen MR) is 103 cm³/mol. The highest BCUT2D eigenvalue weighted by Crippen LogP contribution is 2.39. The Labute approximate surface area is 153 Å². The van der Waals surface area contributed by atoms with E-state index in [1.165, 1.54) is 0 Å². The summed E-state index contributed by atoms with van der Waals surface area (Å²) < 4.78 is 6.10. The Balaban J connectivity index is 1.75. The minimum Gasteiger partial charge on any atom is -0.455 e. The molecule has 1 aliphatic rings. The summed E-state index contributed by atoms with van der Waals surface area (Å²) in [4.78, 5) is 14.7. The highest BCUT2D eigenvalue weighted by molar-refractivity contribution is 5.92. The molecule has 1 unspecified atom stereocenters. The number of hydrogen-bond donors (Lipinski definition) is 0. The van der Waals surface area contributed by atoms with E-state index in [4.69, 9.17) is 4.74 Å². The minimum absolute atomic E-state index is 0.174. The fourth-order valence-corrected chi connectivity index (χ4v) is 3.21. The van der Waals surface area contributed by atoms with Gasteiger partial charge in [0.25, 0.3) is 0 Å². The van der Waals surface area contributed by atoms with Gasteiger partial charge in [0.2, 0.25) is 0 Å². The zero-order valence-electron chi connectivity index (χ0n) is 14.3. The predicted octanol–water partition coefficient (Wildman–Crippen LogP) is 5.51. The van der Waals surface area contributed by atoms with Crippen LogP contribution in [0.25, 0.3) is 0 Å². The van der Waals surface area contributed by atoms with Crippen LogP contribution in [0, 0.1) is 0 Å². The fourth-order valence-electron chi connectivity index (χ4n) is 3.21. The molecule has 1 atom stereocenters. The first kappa shape index (κ1) is 16.2. The quantitative estimate of drug-likeness (QED) is 0.626. The molecule has 1 heterocycles. The summed E-state index contributed by atoms with van der Waals surface area (Å²) in [6.45, 7) is 0. The van der Waals surface area contributed by atoms with E-state index >= 15 is 0 Å². The lowest BCUT2D eigenvalue weighted by molar-refractivity contribution is -0.119. The third-order valence-electron chi connectivity index (χ3n) is 4.40. The molecule has 4 rings (SSSR count). The number of hydrogen-bond acceptors (Lipinski definition) is 3. The Bertz CT molecular complexity index is 919. The van der Waals surface area contributed by atoms with Crippen molar-refractivity contribution < 1.29 is 9.53 Å². The van der Waals surface area contributed by atoms with Gasteiger partial charge in [-0.05, 0) is 29.8 Å². The van der Waals surface area contributed by atoms with Crippen molar-refractivity contribution in [2.24, 2.45) is 0 Å². The molecule has 0 bridgehead atoms. The zero-order chi connectivity index (χ0) is 17.8. The summed E-state index contributed by atoms with van der Waals surface area (Å²) >= 11 is 0. The molecule has 1 aliphatic heterocycles. The van der Waals surface area contributed by atoms with E-state index in [0.717, 1.165) is 22.7 Å². The number of benzene rings is 3. The molecule has 26 heavy (non-hydrogen) atoms. The molecule has 3 aromatic rings. The number of allylic oxidation sites excluding steroid dienone is 1. The summed E-state index contributed by atoms with van der Waals surface area (Å²) in [6, 6.07) is 27.0. The van der Waals surface area contributed by atoms with E-state index in [2.05, 4.69) is 0 Å². The van der Waals surface area contributed by atoms with Gasteiger partial charge in [-0.25, -0.2) is 0 Å². The summed E-state index contributed by atoms with van der Waals surface area (Å²) in [7, 11) is 0. The summed E-state index contributed by atoms with van der Waals surface area (Å²) in [6.07, 6.45) is 4.32. The number of rotatable bonds is 4. The van der Waals surface area contributed by atoms with Gasteiger partial charge in [-0.15, -0.1) is 0 Å². The average molecular weight is 341 g/mol. The first-order valence-corrected chi connectivity index (χ1v) is 8.67. The van der Waals surface area contributed by atoms with Crippen molar-refractivity contribution >= 4 is 11.5 Å².